The second-order valence-corrected chi connectivity index (χ2v) is 9.87. The molecule has 0 radical (unpaired) electrons. The van der Waals surface area contributed by atoms with E-state index < -0.39 is 60.2 Å². The van der Waals surface area contributed by atoms with E-state index in [1.165, 1.54) is 18.2 Å². The molecule has 1 aliphatic carbocycles. The zero-order valence-corrected chi connectivity index (χ0v) is 21.3. The first-order valence-electron chi connectivity index (χ1n) is 12.7. The minimum absolute atomic E-state index is 0.0349. The summed E-state index contributed by atoms with van der Waals surface area (Å²) in [6, 6.07) is 7.90. The quantitative estimate of drug-likeness (QED) is 0.373. The van der Waals surface area contributed by atoms with Gasteiger partial charge in [-0.05, 0) is 36.6 Å². The lowest BCUT2D eigenvalue weighted by molar-refractivity contribution is -0.274. The minimum Gasteiger partial charge on any atom is -0.406 e. The third-order valence-corrected chi connectivity index (χ3v) is 6.89. The van der Waals surface area contributed by atoms with Crippen LogP contribution in [0.3, 0.4) is 0 Å². The number of ether oxygens (including phenoxy) is 4. The van der Waals surface area contributed by atoms with Gasteiger partial charge < -0.3 is 34.5 Å². The number of rotatable bonds is 10. The molecule has 1 saturated carbocycles. The minimum atomic E-state index is -4.89. The molecule has 40 heavy (non-hydrogen) atoms. The lowest BCUT2D eigenvalue weighted by Gasteiger charge is -2.44. The van der Waals surface area contributed by atoms with E-state index >= 15 is 0 Å². The summed E-state index contributed by atoms with van der Waals surface area (Å²) in [5, 5.41) is 24.1. The molecule has 0 spiro atoms. The van der Waals surface area contributed by atoms with Gasteiger partial charge in [-0.1, -0.05) is 18.2 Å². The predicted octanol–water partition coefficient (Wildman–Crippen LogP) is 3.52. The Morgan fingerprint density at radius 3 is 2.60 bits per heavy atom. The average Bonchev–Trinajstić information content (AvgIpc) is 3.41. The van der Waals surface area contributed by atoms with E-state index in [2.05, 4.69) is 10.1 Å². The first-order valence-corrected chi connectivity index (χ1v) is 12.7. The van der Waals surface area contributed by atoms with E-state index in [0.29, 0.717) is 12.7 Å². The van der Waals surface area contributed by atoms with Gasteiger partial charge in [0.1, 0.15) is 23.5 Å². The normalized spacial score (nSPS) is 27.0. The SMILES string of the molecule is O=C(NCC1CCCO1)[C@@]1(OCc2ccc(F)cc2F)CC(OCc2cccc(OC(F)(F)F)c2)[C@H](O)[C@H](O)C1. The van der Waals surface area contributed by atoms with Gasteiger partial charge >= 0.3 is 6.36 Å². The summed E-state index contributed by atoms with van der Waals surface area (Å²) in [6.45, 7) is -0.0252. The molecule has 5 atom stereocenters. The molecule has 4 rings (SSSR count). The molecule has 1 saturated heterocycles. The number of nitrogens with one attached hydrogen (secondary N) is 1. The Morgan fingerprint density at radius 2 is 1.90 bits per heavy atom. The number of carbonyl (C=O) groups excluding carboxylic acids is 1. The average molecular weight is 576 g/mol. The molecule has 1 aliphatic heterocycles. The summed E-state index contributed by atoms with van der Waals surface area (Å²) in [5.74, 6) is -2.80. The van der Waals surface area contributed by atoms with Crippen LogP contribution >= 0.6 is 0 Å². The molecular formula is C27H30F5NO7. The third-order valence-electron chi connectivity index (χ3n) is 6.89. The van der Waals surface area contributed by atoms with Crippen LogP contribution in [0.5, 0.6) is 5.75 Å². The monoisotopic (exact) mass is 575 g/mol. The number of hydrogen-bond acceptors (Lipinski definition) is 7. The van der Waals surface area contributed by atoms with E-state index in [9.17, 15) is 37.0 Å². The number of halogens is 5. The summed E-state index contributed by atoms with van der Waals surface area (Å²) in [5.41, 5.74) is -1.55. The Bertz CT molecular complexity index is 1160. The fraction of sp³-hybridized carbons (Fsp3) is 0.519. The first-order chi connectivity index (χ1) is 18.9. The van der Waals surface area contributed by atoms with Gasteiger partial charge in [0.2, 0.25) is 0 Å². The van der Waals surface area contributed by atoms with Crippen LogP contribution in [0.25, 0.3) is 0 Å². The van der Waals surface area contributed by atoms with Gasteiger partial charge in [-0.2, -0.15) is 0 Å². The molecule has 3 N–H and O–H groups in total. The van der Waals surface area contributed by atoms with Crippen molar-refractivity contribution in [2.24, 2.45) is 0 Å². The van der Waals surface area contributed by atoms with E-state index in [0.717, 1.165) is 31.0 Å². The van der Waals surface area contributed by atoms with Crippen molar-refractivity contribution < 1.29 is 55.9 Å². The molecule has 220 valence electrons. The highest BCUT2D eigenvalue weighted by Crippen LogP contribution is 2.36. The largest absolute Gasteiger partial charge is 0.573 e. The van der Waals surface area contributed by atoms with Crippen LogP contribution in [-0.4, -0.2) is 65.7 Å². The maximum Gasteiger partial charge on any atom is 0.573 e. The summed E-state index contributed by atoms with van der Waals surface area (Å²) in [4.78, 5) is 13.5. The van der Waals surface area contributed by atoms with Crippen molar-refractivity contribution >= 4 is 5.91 Å². The molecule has 1 amide bonds. The smallest absolute Gasteiger partial charge is 0.406 e. The van der Waals surface area contributed by atoms with Crippen molar-refractivity contribution in [3.05, 3.63) is 65.2 Å². The Kier molecular flexibility index (Phi) is 9.62. The van der Waals surface area contributed by atoms with Crippen molar-refractivity contribution in [1.82, 2.24) is 5.32 Å². The molecule has 8 nitrogen and oxygen atoms in total. The molecule has 13 heteroatoms. The van der Waals surface area contributed by atoms with Gasteiger partial charge in [0.15, 0.2) is 5.60 Å². The molecule has 0 aromatic heterocycles. The van der Waals surface area contributed by atoms with E-state index in [4.69, 9.17) is 14.2 Å². The van der Waals surface area contributed by atoms with E-state index in [1.807, 2.05) is 0 Å². The van der Waals surface area contributed by atoms with Crippen LogP contribution in [-0.2, 0) is 32.2 Å². The number of alkyl halides is 3. The Balaban J connectivity index is 1.51. The van der Waals surface area contributed by atoms with Gasteiger partial charge in [0.25, 0.3) is 5.91 Å². The number of aliphatic hydroxyl groups is 2. The molecule has 2 aromatic carbocycles. The summed E-state index contributed by atoms with van der Waals surface area (Å²) in [7, 11) is 0. The zero-order valence-electron chi connectivity index (χ0n) is 21.3. The van der Waals surface area contributed by atoms with E-state index in [1.54, 1.807) is 0 Å². The number of aliphatic hydroxyl groups excluding tert-OH is 2. The molecule has 2 fully saturated rings. The number of carbonyl (C=O) groups is 1. The number of amides is 1. The van der Waals surface area contributed by atoms with Crippen molar-refractivity contribution in [3.8, 4) is 5.75 Å². The highest BCUT2D eigenvalue weighted by atomic mass is 19.4. The van der Waals surface area contributed by atoms with Crippen molar-refractivity contribution in [2.75, 3.05) is 13.2 Å². The lowest BCUT2D eigenvalue weighted by Crippen LogP contribution is -2.61. The number of benzene rings is 2. The Labute approximate surface area is 227 Å². The summed E-state index contributed by atoms with van der Waals surface area (Å²) in [6.07, 6.45) is -8.31. The Hall–Kier alpha value is -2.84. The van der Waals surface area contributed by atoms with Crippen LogP contribution < -0.4 is 10.1 Å². The molecular weight excluding hydrogens is 545 g/mol. The van der Waals surface area contributed by atoms with Crippen LogP contribution in [0.2, 0.25) is 0 Å². The molecule has 1 heterocycles. The molecule has 0 bridgehead atoms. The molecule has 2 aromatic rings. The van der Waals surface area contributed by atoms with Gasteiger partial charge in [0.05, 0.1) is 31.5 Å². The third kappa shape index (κ3) is 7.88. The fourth-order valence-corrected chi connectivity index (χ4v) is 4.82. The fourth-order valence-electron chi connectivity index (χ4n) is 4.82. The van der Waals surface area contributed by atoms with Crippen molar-refractivity contribution in [2.45, 2.75) is 75.3 Å². The highest BCUT2D eigenvalue weighted by Gasteiger charge is 2.51. The summed E-state index contributed by atoms with van der Waals surface area (Å²) < 4.78 is 86.6. The highest BCUT2D eigenvalue weighted by molar-refractivity contribution is 5.85. The molecule has 2 aliphatic rings. The van der Waals surface area contributed by atoms with Gasteiger partial charge in [-0.15, -0.1) is 13.2 Å². The van der Waals surface area contributed by atoms with Crippen LogP contribution in [0.1, 0.15) is 36.8 Å². The zero-order chi connectivity index (χ0) is 28.9. The Morgan fingerprint density at radius 1 is 1.10 bits per heavy atom. The second-order valence-electron chi connectivity index (χ2n) is 9.87. The van der Waals surface area contributed by atoms with Crippen LogP contribution in [0.4, 0.5) is 22.0 Å². The summed E-state index contributed by atoms with van der Waals surface area (Å²) >= 11 is 0. The van der Waals surface area contributed by atoms with Crippen LogP contribution in [0, 0.1) is 11.6 Å². The number of hydrogen-bond donors (Lipinski definition) is 3. The van der Waals surface area contributed by atoms with Gasteiger partial charge in [-0.3, -0.25) is 4.79 Å². The van der Waals surface area contributed by atoms with Crippen molar-refractivity contribution in [1.29, 1.82) is 0 Å². The first kappa shape index (κ1) is 30.1. The lowest BCUT2D eigenvalue weighted by atomic mass is 9.78. The van der Waals surface area contributed by atoms with Gasteiger partial charge in [0, 0.05) is 37.6 Å². The standard InChI is InChI=1S/C27H30F5NO7/c28-18-7-6-17(21(29)10-18)15-39-26(25(36)33-13-20-5-2-8-37-20)11-22(34)24(35)23(12-26)38-14-16-3-1-4-19(9-16)40-27(30,31)32/h1,3-4,6-7,9-10,20,22-24,34-35H,2,5,8,11-15H2,(H,33,36)/t20?,22-,23?,24-,26+/m1/s1. The van der Waals surface area contributed by atoms with E-state index in [-0.39, 0.29) is 43.2 Å². The second kappa shape index (κ2) is 12.8. The maximum atomic E-state index is 14.3. The van der Waals surface area contributed by atoms with Gasteiger partial charge in [-0.25, -0.2) is 8.78 Å². The molecule has 2 unspecified atom stereocenters. The van der Waals surface area contributed by atoms with Crippen molar-refractivity contribution in [3.63, 3.8) is 0 Å². The maximum absolute atomic E-state index is 14.3. The topological polar surface area (TPSA) is 106 Å². The van der Waals surface area contributed by atoms with Crippen LogP contribution in [0.15, 0.2) is 42.5 Å². The predicted molar refractivity (Wildman–Crippen MR) is 129 cm³/mol.